The standard InChI is InChI=1S/C11H25O3Si/c1-10(2)8-7-9-11(3)15(12-4,13-5)14-6/h11H,7-9H2,1-6H3. The lowest BCUT2D eigenvalue weighted by Crippen LogP contribution is -2.46. The molecule has 0 N–H and O–H groups in total. The molecular weight excluding hydrogens is 208 g/mol. The van der Waals surface area contributed by atoms with E-state index < -0.39 is 8.80 Å². The van der Waals surface area contributed by atoms with E-state index in [1.165, 1.54) is 18.8 Å². The minimum absolute atomic E-state index is 0.358. The number of hydrogen-bond donors (Lipinski definition) is 0. The van der Waals surface area contributed by atoms with Crippen LogP contribution in [0.3, 0.4) is 0 Å². The van der Waals surface area contributed by atoms with Crippen molar-refractivity contribution in [1.29, 1.82) is 0 Å². The van der Waals surface area contributed by atoms with Crippen LogP contribution in [-0.2, 0) is 13.3 Å². The van der Waals surface area contributed by atoms with Crippen LogP contribution in [0.2, 0.25) is 5.54 Å². The van der Waals surface area contributed by atoms with Gasteiger partial charge in [0.05, 0.1) is 0 Å². The summed E-state index contributed by atoms with van der Waals surface area (Å²) in [5.74, 6) is 1.47. The molecule has 0 aromatic carbocycles. The Morgan fingerprint density at radius 2 is 1.53 bits per heavy atom. The molecule has 0 aliphatic heterocycles. The Bertz CT molecular complexity index is 150. The molecule has 91 valence electrons. The van der Waals surface area contributed by atoms with Gasteiger partial charge in [-0.15, -0.1) is 0 Å². The van der Waals surface area contributed by atoms with Gasteiger partial charge >= 0.3 is 8.80 Å². The molecule has 0 saturated carbocycles. The summed E-state index contributed by atoms with van der Waals surface area (Å²) in [6.07, 6.45) is 3.44. The van der Waals surface area contributed by atoms with Crippen LogP contribution in [0.15, 0.2) is 0 Å². The summed E-state index contributed by atoms with van der Waals surface area (Å²) in [7, 11) is 2.62. The Kier molecular flexibility index (Phi) is 7.43. The van der Waals surface area contributed by atoms with Gasteiger partial charge < -0.3 is 13.3 Å². The fourth-order valence-electron chi connectivity index (χ4n) is 1.79. The maximum Gasteiger partial charge on any atom is 0.503 e. The van der Waals surface area contributed by atoms with Gasteiger partial charge in [-0.05, 0) is 18.8 Å². The third kappa shape index (κ3) is 4.63. The zero-order chi connectivity index (χ0) is 11.9. The zero-order valence-corrected chi connectivity index (χ0v) is 11.9. The van der Waals surface area contributed by atoms with Gasteiger partial charge in [0.1, 0.15) is 0 Å². The van der Waals surface area contributed by atoms with Crippen LogP contribution in [0.4, 0.5) is 0 Å². The van der Waals surface area contributed by atoms with Crippen LogP contribution in [0, 0.1) is 5.92 Å². The molecule has 0 saturated heterocycles. The van der Waals surface area contributed by atoms with Crippen LogP contribution >= 0.6 is 0 Å². The molecule has 0 bridgehead atoms. The van der Waals surface area contributed by atoms with Crippen molar-refractivity contribution in [1.82, 2.24) is 0 Å². The first-order valence-electron chi connectivity index (χ1n) is 5.46. The second-order valence-electron chi connectivity index (χ2n) is 4.22. The lowest BCUT2D eigenvalue weighted by molar-refractivity contribution is 0.111. The Hall–Kier alpha value is 0.0969. The lowest BCUT2D eigenvalue weighted by Gasteiger charge is -2.30. The quantitative estimate of drug-likeness (QED) is 0.603. The predicted octanol–water partition coefficient (Wildman–Crippen LogP) is 3.04. The molecule has 1 atom stereocenters. The monoisotopic (exact) mass is 233 g/mol. The van der Waals surface area contributed by atoms with Crippen LogP contribution in [0.5, 0.6) is 0 Å². The molecule has 0 aromatic rings. The Balaban J connectivity index is 4.08. The van der Waals surface area contributed by atoms with Crippen LogP contribution in [-0.4, -0.2) is 30.1 Å². The molecule has 0 aliphatic carbocycles. The molecule has 0 fully saturated rings. The summed E-state index contributed by atoms with van der Waals surface area (Å²) < 4.78 is 16.3. The van der Waals surface area contributed by atoms with E-state index in [-0.39, 0.29) is 0 Å². The van der Waals surface area contributed by atoms with Crippen LogP contribution in [0.25, 0.3) is 0 Å². The molecule has 0 amide bonds. The topological polar surface area (TPSA) is 27.7 Å². The van der Waals surface area contributed by atoms with Gasteiger partial charge in [0, 0.05) is 26.9 Å². The smallest absolute Gasteiger partial charge is 0.377 e. The zero-order valence-electron chi connectivity index (χ0n) is 10.9. The van der Waals surface area contributed by atoms with Crippen LogP contribution < -0.4 is 0 Å². The van der Waals surface area contributed by atoms with E-state index in [0.717, 1.165) is 6.42 Å². The lowest BCUT2D eigenvalue weighted by atomic mass is 10.1. The molecule has 0 heterocycles. The summed E-state index contributed by atoms with van der Waals surface area (Å²) in [5, 5.41) is 0. The van der Waals surface area contributed by atoms with Gasteiger partial charge in [0.15, 0.2) is 0 Å². The Morgan fingerprint density at radius 1 is 1.07 bits per heavy atom. The first kappa shape index (κ1) is 15.1. The highest BCUT2D eigenvalue weighted by Gasteiger charge is 2.43. The van der Waals surface area contributed by atoms with Crippen molar-refractivity contribution in [2.45, 2.75) is 45.6 Å². The highest BCUT2D eigenvalue weighted by Crippen LogP contribution is 2.29. The van der Waals surface area contributed by atoms with E-state index >= 15 is 0 Å². The summed E-state index contributed by atoms with van der Waals surface area (Å²) >= 11 is 0. The molecule has 1 radical (unpaired) electrons. The highest BCUT2D eigenvalue weighted by atomic mass is 28.4. The summed E-state index contributed by atoms with van der Waals surface area (Å²) in [6.45, 7) is 6.48. The van der Waals surface area contributed by atoms with Gasteiger partial charge in [-0.25, -0.2) is 0 Å². The van der Waals surface area contributed by atoms with Gasteiger partial charge in [0.2, 0.25) is 0 Å². The fourth-order valence-corrected chi connectivity index (χ4v) is 4.06. The Morgan fingerprint density at radius 3 is 1.87 bits per heavy atom. The average Bonchev–Trinajstić information content (AvgIpc) is 2.21. The van der Waals surface area contributed by atoms with Crippen LogP contribution in [0.1, 0.15) is 40.0 Å². The first-order valence-corrected chi connectivity index (χ1v) is 7.27. The van der Waals surface area contributed by atoms with Crippen molar-refractivity contribution in [2.75, 3.05) is 21.3 Å². The van der Waals surface area contributed by atoms with Gasteiger partial charge in [0.25, 0.3) is 0 Å². The van der Waals surface area contributed by atoms with Crippen molar-refractivity contribution in [3.63, 3.8) is 0 Å². The van der Waals surface area contributed by atoms with E-state index in [2.05, 4.69) is 20.8 Å². The largest absolute Gasteiger partial charge is 0.503 e. The second-order valence-corrected chi connectivity index (χ2v) is 7.63. The maximum absolute atomic E-state index is 5.44. The van der Waals surface area contributed by atoms with Crippen molar-refractivity contribution in [2.24, 2.45) is 0 Å². The van der Waals surface area contributed by atoms with Crippen molar-refractivity contribution < 1.29 is 13.3 Å². The number of hydrogen-bond acceptors (Lipinski definition) is 3. The fraction of sp³-hybridized carbons (Fsp3) is 0.909. The van der Waals surface area contributed by atoms with Gasteiger partial charge in [-0.2, -0.15) is 0 Å². The van der Waals surface area contributed by atoms with Crippen molar-refractivity contribution >= 4 is 8.80 Å². The molecule has 4 heteroatoms. The molecule has 0 aromatic heterocycles. The minimum atomic E-state index is -2.40. The second kappa shape index (κ2) is 7.38. The third-order valence-corrected chi connectivity index (χ3v) is 5.97. The van der Waals surface area contributed by atoms with E-state index in [0.29, 0.717) is 5.54 Å². The Labute approximate surface area is 95.5 Å². The molecule has 15 heavy (non-hydrogen) atoms. The summed E-state index contributed by atoms with van der Waals surface area (Å²) in [5.41, 5.74) is 0.358. The maximum atomic E-state index is 5.44. The van der Waals surface area contributed by atoms with Crippen molar-refractivity contribution in [3.05, 3.63) is 5.92 Å². The minimum Gasteiger partial charge on any atom is -0.377 e. The molecule has 0 rings (SSSR count). The highest BCUT2D eigenvalue weighted by molar-refractivity contribution is 6.62. The molecule has 1 unspecified atom stereocenters. The normalized spacial score (nSPS) is 14.6. The molecule has 0 aliphatic rings. The van der Waals surface area contributed by atoms with Gasteiger partial charge in [-0.3, -0.25) is 0 Å². The summed E-state index contributed by atoms with van der Waals surface area (Å²) in [6, 6.07) is 0. The molecule has 3 nitrogen and oxygen atoms in total. The predicted molar refractivity (Wildman–Crippen MR) is 64.6 cm³/mol. The van der Waals surface area contributed by atoms with Crippen molar-refractivity contribution in [3.8, 4) is 0 Å². The molecule has 0 spiro atoms. The third-order valence-electron chi connectivity index (χ3n) is 2.77. The average molecular weight is 233 g/mol. The van der Waals surface area contributed by atoms with Gasteiger partial charge in [-0.1, -0.05) is 27.2 Å². The SMILES string of the molecule is CO[Si](OC)(OC)C(C)CCC[C](C)C. The first-order chi connectivity index (χ1) is 7.02. The van der Waals surface area contributed by atoms with E-state index in [4.69, 9.17) is 13.3 Å². The van der Waals surface area contributed by atoms with E-state index in [9.17, 15) is 0 Å². The van der Waals surface area contributed by atoms with E-state index in [1.54, 1.807) is 21.3 Å². The number of rotatable bonds is 8. The summed E-state index contributed by atoms with van der Waals surface area (Å²) in [4.78, 5) is 0. The molecular formula is C11H25O3Si. The van der Waals surface area contributed by atoms with E-state index in [1.807, 2.05) is 0 Å².